The molecule has 1 saturated carbocycles. The van der Waals surface area contributed by atoms with Gasteiger partial charge in [-0.15, -0.1) is 0 Å². The van der Waals surface area contributed by atoms with E-state index in [9.17, 15) is 8.42 Å². The van der Waals surface area contributed by atoms with E-state index in [1.165, 1.54) is 0 Å². The molecule has 1 aliphatic heterocycles. The van der Waals surface area contributed by atoms with Crippen molar-refractivity contribution in [2.75, 3.05) is 19.8 Å². The lowest BCUT2D eigenvalue weighted by molar-refractivity contribution is 0.0981. The van der Waals surface area contributed by atoms with E-state index in [1.807, 2.05) is 0 Å². The van der Waals surface area contributed by atoms with E-state index in [1.54, 1.807) is 0 Å². The summed E-state index contributed by atoms with van der Waals surface area (Å²) >= 11 is 0. The molecule has 1 heterocycles. The first-order valence-corrected chi connectivity index (χ1v) is 9.54. The van der Waals surface area contributed by atoms with Crippen LogP contribution in [0.1, 0.15) is 52.9 Å². The van der Waals surface area contributed by atoms with Crippen molar-refractivity contribution in [3.05, 3.63) is 0 Å². The fourth-order valence-corrected chi connectivity index (χ4v) is 6.29. The fraction of sp³-hybridized carbons (Fsp3) is 1.00. The quantitative estimate of drug-likeness (QED) is 0.845. The van der Waals surface area contributed by atoms with E-state index >= 15 is 0 Å². The molecule has 0 aromatic heterocycles. The van der Waals surface area contributed by atoms with Crippen LogP contribution in [-0.4, -0.2) is 44.7 Å². The van der Waals surface area contributed by atoms with Gasteiger partial charge in [-0.05, 0) is 44.1 Å². The number of nitrogens with one attached hydrogen (secondary N) is 1. The lowest BCUT2D eigenvalue weighted by atomic mass is 9.87. The van der Waals surface area contributed by atoms with Crippen molar-refractivity contribution in [3.63, 3.8) is 0 Å². The molecule has 0 aromatic carbocycles. The van der Waals surface area contributed by atoms with Crippen LogP contribution >= 0.6 is 0 Å². The third-order valence-corrected chi connectivity index (χ3v) is 7.71. The maximum atomic E-state index is 13.0. The van der Waals surface area contributed by atoms with Crippen molar-refractivity contribution in [1.29, 1.82) is 0 Å². The lowest BCUT2D eigenvalue weighted by Gasteiger charge is -2.34. The van der Waals surface area contributed by atoms with Crippen molar-refractivity contribution in [1.82, 2.24) is 5.32 Å². The first kappa shape index (κ1) is 16.2. The first-order valence-electron chi connectivity index (χ1n) is 7.93. The molecular formula is C15H29NO3S. The van der Waals surface area contributed by atoms with Crippen LogP contribution in [-0.2, 0) is 14.6 Å². The normalized spacial score (nSPS) is 31.6. The molecule has 2 fully saturated rings. The number of rotatable bonds is 5. The average Bonchev–Trinajstić information content (AvgIpc) is 2.73. The Bertz CT molecular complexity index is 413. The molecule has 0 spiro atoms. The van der Waals surface area contributed by atoms with Crippen molar-refractivity contribution >= 4 is 9.84 Å². The summed E-state index contributed by atoms with van der Waals surface area (Å²) in [6.07, 6.45) is 4.16. The highest BCUT2D eigenvalue weighted by molar-refractivity contribution is 7.92. The molecule has 5 heteroatoms. The highest BCUT2D eigenvalue weighted by atomic mass is 32.2. The first-order chi connectivity index (χ1) is 9.39. The maximum absolute atomic E-state index is 13.0. The minimum Gasteiger partial charge on any atom is -0.381 e. The molecule has 118 valence electrons. The summed E-state index contributed by atoms with van der Waals surface area (Å²) in [4.78, 5) is 0. The zero-order chi connectivity index (χ0) is 14.8. The molecule has 0 aromatic rings. The summed E-state index contributed by atoms with van der Waals surface area (Å²) in [6, 6.07) is 0.0929. The topological polar surface area (TPSA) is 55.4 Å². The Labute approximate surface area is 123 Å². The Morgan fingerprint density at radius 3 is 2.45 bits per heavy atom. The van der Waals surface area contributed by atoms with Gasteiger partial charge in [-0.25, -0.2) is 8.42 Å². The Kier molecular flexibility index (Phi) is 5.14. The summed E-state index contributed by atoms with van der Waals surface area (Å²) < 4.78 is 31.2. The van der Waals surface area contributed by atoms with Gasteiger partial charge in [-0.3, -0.25) is 0 Å². The van der Waals surface area contributed by atoms with Gasteiger partial charge in [0.25, 0.3) is 0 Å². The lowest BCUT2D eigenvalue weighted by Crippen LogP contribution is -2.50. The fourth-order valence-electron chi connectivity index (χ4n) is 3.65. The smallest absolute Gasteiger partial charge is 0.157 e. The van der Waals surface area contributed by atoms with Gasteiger partial charge in [-0.2, -0.15) is 0 Å². The number of hydrogen-bond acceptors (Lipinski definition) is 4. The van der Waals surface area contributed by atoms with Gasteiger partial charge in [0.1, 0.15) is 0 Å². The summed E-state index contributed by atoms with van der Waals surface area (Å²) in [7, 11) is -3.05. The second kappa shape index (κ2) is 6.32. The minimum atomic E-state index is -3.05. The summed E-state index contributed by atoms with van der Waals surface area (Å²) in [5, 5.41) is 3.10. The highest BCUT2D eigenvalue weighted by Crippen LogP contribution is 2.42. The van der Waals surface area contributed by atoms with Crippen LogP contribution in [0.5, 0.6) is 0 Å². The Morgan fingerprint density at radius 2 is 1.85 bits per heavy atom. The molecule has 2 atom stereocenters. The molecule has 2 unspecified atom stereocenters. The molecule has 1 saturated heterocycles. The van der Waals surface area contributed by atoms with Crippen molar-refractivity contribution in [2.45, 2.75) is 69.4 Å². The average molecular weight is 303 g/mol. The Balaban J connectivity index is 2.16. The van der Waals surface area contributed by atoms with Crippen LogP contribution in [0.4, 0.5) is 0 Å². The van der Waals surface area contributed by atoms with Crippen molar-refractivity contribution in [2.24, 2.45) is 5.41 Å². The molecule has 0 amide bonds. The van der Waals surface area contributed by atoms with Gasteiger partial charge in [0, 0.05) is 19.3 Å². The summed E-state index contributed by atoms with van der Waals surface area (Å²) in [6.45, 7) is 8.59. The predicted molar refractivity (Wildman–Crippen MR) is 81.6 cm³/mol. The molecule has 0 radical (unpaired) electrons. The molecule has 0 bridgehead atoms. The third kappa shape index (κ3) is 3.20. The second-order valence-corrected chi connectivity index (χ2v) is 9.35. The SMILES string of the molecule is CCCNC1C(S(=O)(=O)C2CCOCC2)CCC1(C)C. The molecule has 2 rings (SSSR count). The van der Waals surface area contributed by atoms with Gasteiger partial charge in [0.05, 0.1) is 10.5 Å². The molecule has 1 aliphatic carbocycles. The van der Waals surface area contributed by atoms with Gasteiger partial charge >= 0.3 is 0 Å². The van der Waals surface area contributed by atoms with Crippen LogP contribution in [0.15, 0.2) is 0 Å². The van der Waals surface area contributed by atoms with E-state index in [0.717, 1.165) is 25.8 Å². The second-order valence-electron chi connectivity index (χ2n) is 6.90. The largest absolute Gasteiger partial charge is 0.381 e. The Morgan fingerprint density at radius 1 is 1.20 bits per heavy atom. The molecular weight excluding hydrogens is 274 g/mol. The van der Waals surface area contributed by atoms with E-state index in [-0.39, 0.29) is 22.0 Å². The van der Waals surface area contributed by atoms with E-state index in [2.05, 4.69) is 26.1 Å². The standard InChI is InChI=1S/C15H29NO3S/c1-4-9-16-14-13(5-8-15(14,2)3)20(17,18)12-6-10-19-11-7-12/h12-14,16H,4-11H2,1-3H3. The number of ether oxygens (including phenoxy) is 1. The third-order valence-electron chi connectivity index (χ3n) is 4.96. The monoisotopic (exact) mass is 303 g/mol. The van der Waals surface area contributed by atoms with Gasteiger partial charge in [0.15, 0.2) is 9.84 Å². The molecule has 1 N–H and O–H groups in total. The summed E-state index contributed by atoms with van der Waals surface area (Å²) in [5.41, 5.74) is 0.0675. The van der Waals surface area contributed by atoms with E-state index in [0.29, 0.717) is 26.1 Å². The predicted octanol–water partition coefficient (Wildman–Crippen LogP) is 2.14. The molecule has 2 aliphatic rings. The zero-order valence-corrected chi connectivity index (χ0v) is 13.8. The zero-order valence-electron chi connectivity index (χ0n) is 13.0. The van der Waals surface area contributed by atoms with Crippen LogP contribution in [0.3, 0.4) is 0 Å². The van der Waals surface area contributed by atoms with Gasteiger partial charge < -0.3 is 10.1 Å². The minimum absolute atomic E-state index is 0.0675. The summed E-state index contributed by atoms with van der Waals surface area (Å²) in [5.74, 6) is 0. The highest BCUT2D eigenvalue weighted by Gasteiger charge is 2.49. The van der Waals surface area contributed by atoms with Crippen LogP contribution in [0.2, 0.25) is 0 Å². The van der Waals surface area contributed by atoms with Crippen LogP contribution in [0, 0.1) is 5.41 Å². The van der Waals surface area contributed by atoms with Crippen molar-refractivity contribution < 1.29 is 13.2 Å². The van der Waals surface area contributed by atoms with Gasteiger partial charge in [0.2, 0.25) is 0 Å². The van der Waals surface area contributed by atoms with E-state index in [4.69, 9.17) is 4.74 Å². The Hall–Kier alpha value is -0.130. The van der Waals surface area contributed by atoms with Crippen LogP contribution in [0.25, 0.3) is 0 Å². The number of sulfone groups is 1. The molecule has 20 heavy (non-hydrogen) atoms. The van der Waals surface area contributed by atoms with E-state index < -0.39 is 9.84 Å². The molecule has 4 nitrogen and oxygen atoms in total. The van der Waals surface area contributed by atoms with Crippen molar-refractivity contribution in [3.8, 4) is 0 Å². The van der Waals surface area contributed by atoms with Crippen LogP contribution < -0.4 is 5.32 Å². The van der Waals surface area contributed by atoms with Gasteiger partial charge in [-0.1, -0.05) is 20.8 Å². The number of hydrogen-bond donors (Lipinski definition) is 1. The maximum Gasteiger partial charge on any atom is 0.157 e.